The Kier molecular flexibility index (Phi) is 5.49. The minimum Gasteiger partial charge on any atom is -0.489 e. The van der Waals surface area contributed by atoms with Crippen LogP contribution in [0.2, 0.25) is 0 Å². The van der Waals surface area contributed by atoms with Crippen molar-refractivity contribution in [3.05, 3.63) is 56.2 Å². The Morgan fingerprint density at radius 3 is 2.73 bits per heavy atom. The Balaban J connectivity index is 2.12. The highest BCUT2D eigenvalue weighted by molar-refractivity contribution is 9.11. The maximum Gasteiger partial charge on any atom is 0.149 e. The van der Waals surface area contributed by atoms with Gasteiger partial charge < -0.3 is 9.72 Å². The van der Waals surface area contributed by atoms with Crippen LogP contribution in [0.1, 0.15) is 30.8 Å². The third-order valence-electron chi connectivity index (χ3n) is 3.70. The van der Waals surface area contributed by atoms with Crippen LogP contribution < -0.4 is 4.74 Å². The van der Waals surface area contributed by atoms with E-state index in [1.807, 2.05) is 51.1 Å². The first-order valence-corrected chi connectivity index (χ1v) is 9.70. The molecule has 0 unspecified atom stereocenters. The molecule has 0 aliphatic heterocycles. The highest BCUT2D eigenvalue weighted by atomic mass is 79.9. The van der Waals surface area contributed by atoms with E-state index in [1.54, 1.807) is 6.08 Å². The molecule has 1 heterocycles. The SMILES string of the molecule is Cc1ccc2nc(/C(C#N)=C\c3cc(Br)cc(Br)c3OC(C)C)[nH]c2c1. The third kappa shape index (κ3) is 4.00. The second-order valence-corrected chi connectivity index (χ2v) is 8.02. The molecule has 132 valence electrons. The number of aromatic amines is 1. The van der Waals surface area contributed by atoms with Crippen molar-refractivity contribution in [3.8, 4) is 11.8 Å². The van der Waals surface area contributed by atoms with E-state index in [1.165, 1.54) is 0 Å². The van der Waals surface area contributed by atoms with Gasteiger partial charge in [-0.25, -0.2) is 4.98 Å². The molecule has 0 aliphatic rings. The van der Waals surface area contributed by atoms with Crippen molar-refractivity contribution in [2.75, 3.05) is 0 Å². The number of aryl methyl sites for hydroxylation is 1. The van der Waals surface area contributed by atoms with Crippen LogP contribution in [0.15, 0.2) is 39.3 Å². The standard InChI is InChI=1S/C20H17Br2N3O/c1-11(2)26-19-13(8-15(21)9-16(19)22)7-14(10-23)20-24-17-5-4-12(3)6-18(17)25-20/h4-9,11H,1-3H3,(H,24,25)/b14-7-. The molecule has 0 spiro atoms. The maximum absolute atomic E-state index is 9.69. The number of halogens is 2. The summed E-state index contributed by atoms with van der Waals surface area (Å²) in [4.78, 5) is 7.78. The number of imidazole rings is 1. The van der Waals surface area contributed by atoms with Gasteiger partial charge in [0.25, 0.3) is 0 Å². The molecule has 1 aromatic heterocycles. The number of aromatic nitrogens is 2. The molecule has 0 atom stereocenters. The van der Waals surface area contributed by atoms with Crippen molar-refractivity contribution in [3.63, 3.8) is 0 Å². The molecule has 2 aromatic carbocycles. The summed E-state index contributed by atoms with van der Waals surface area (Å²) in [6, 6.07) is 12.1. The summed E-state index contributed by atoms with van der Waals surface area (Å²) >= 11 is 7.04. The fourth-order valence-corrected chi connectivity index (χ4v) is 3.96. The molecule has 0 radical (unpaired) electrons. The molecule has 0 amide bonds. The molecule has 0 fully saturated rings. The van der Waals surface area contributed by atoms with Crippen molar-refractivity contribution in [2.24, 2.45) is 0 Å². The first kappa shape index (κ1) is 18.7. The summed E-state index contributed by atoms with van der Waals surface area (Å²) in [6.45, 7) is 5.96. The van der Waals surface area contributed by atoms with E-state index in [4.69, 9.17) is 4.74 Å². The van der Waals surface area contributed by atoms with E-state index < -0.39 is 0 Å². The van der Waals surface area contributed by atoms with Gasteiger partial charge in [0.1, 0.15) is 17.6 Å². The molecule has 0 saturated carbocycles. The largest absolute Gasteiger partial charge is 0.489 e. The third-order valence-corrected chi connectivity index (χ3v) is 4.75. The lowest BCUT2D eigenvalue weighted by atomic mass is 10.1. The number of hydrogen-bond acceptors (Lipinski definition) is 3. The van der Waals surface area contributed by atoms with E-state index in [9.17, 15) is 5.26 Å². The molecule has 4 nitrogen and oxygen atoms in total. The monoisotopic (exact) mass is 473 g/mol. The van der Waals surface area contributed by atoms with Crippen molar-refractivity contribution in [1.29, 1.82) is 5.26 Å². The summed E-state index contributed by atoms with van der Waals surface area (Å²) in [6.07, 6.45) is 1.80. The van der Waals surface area contributed by atoms with Crippen LogP contribution in [0.25, 0.3) is 22.7 Å². The Hall–Kier alpha value is -2.10. The van der Waals surface area contributed by atoms with Crippen LogP contribution in [-0.2, 0) is 0 Å². The first-order chi connectivity index (χ1) is 12.4. The van der Waals surface area contributed by atoms with Gasteiger partial charge in [0.15, 0.2) is 0 Å². The van der Waals surface area contributed by atoms with E-state index in [2.05, 4.69) is 47.9 Å². The van der Waals surface area contributed by atoms with Crippen molar-refractivity contribution in [2.45, 2.75) is 26.9 Å². The molecule has 3 aromatic rings. The van der Waals surface area contributed by atoms with E-state index in [-0.39, 0.29) is 6.10 Å². The molecule has 3 rings (SSSR count). The van der Waals surface area contributed by atoms with Gasteiger partial charge in [0, 0.05) is 10.0 Å². The van der Waals surface area contributed by atoms with Crippen LogP contribution in [0, 0.1) is 18.3 Å². The van der Waals surface area contributed by atoms with Gasteiger partial charge >= 0.3 is 0 Å². The summed E-state index contributed by atoms with van der Waals surface area (Å²) in [5.74, 6) is 1.24. The normalized spacial score (nSPS) is 11.8. The Labute approximate surface area is 169 Å². The van der Waals surface area contributed by atoms with Gasteiger partial charge in [0.05, 0.1) is 27.2 Å². The zero-order valence-electron chi connectivity index (χ0n) is 14.6. The fraction of sp³-hybridized carbons (Fsp3) is 0.200. The summed E-state index contributed by atoms with van der Waals surface area (Å²) in [5.41, 5.74) is 4.13. The number of allylic oxidation sites excluding steroid dienone is 1. The van der Waals surface area contributed by atoms with Crippen molar-refractivity contribution in [1.82, 2.24) is 9.97 Å². The van der Waals surface area contributed by atoms with Crippen molar-refractivity contribution < 1.29 is 4.74 Å². The van der Waals surface area contributed by atoms with Gasteiger partial charge in [-0.1, -0.05) is 22.0 Å². The Bertz CT molecular complexity index is 1050. The highest BCUT2D eigenvalue weighted by Crippen LogP contribution is 2.36. The molecule has 6 heteroatoms. The molecule has 0 bridgehead atoms. The van der Waals surface area contributed by atoms with Crippen LogP contribution in [-0.4, -0.2) is 16.1 Å². The minimum atomic E-state index is 0.0133. The van der Waals surface area contributed by atoms with E-state index >= 15 is 0 Å². The number of fused-ring (bicyclic) bond motifs is 1. The zero-order chi connectivity index (χ0) is 18.8. The quantitative estimate of drug-likeness (QED) is 0.454. The number of nitrogens with zero attached hydrogens (tertiary/aromatic N) is 2. The van der Waals surface area contributed by atoms with E-state index in [0.29, 0.717) is 17.1 Å². The lowest BCUT2D eigenvalue weighted by Gasteiger charge is -2.15. The lowest BCUT2D eigenvalue weighted by molar-refractivity contribution is 0.240. The second kappa shape index (κ2) is 7.65. The topological polar surface area (TPSA) is 61.7 Å². The van der Waals surface area contributed by atoms with Crippen LogP contribution >= 0.6 is 31.9 Å². The minimum absolute atomic E-state index is 0.0133. The molecule has 1 N–H and O–H groups in total. The number of hydrogen-bond donors (Lipinski definition) is 1. The molecule has 26 heavy (non-hydrogen) atoms. The van der Waals surface area contributed by atoms with E-state index in [0.717, 1.165) is 31.1 Å². The highest BCUT2D eigenvalue weighted by Gasteiger charge is 2.14. The van der Waals surface area contributed by atoms with Gasteiger partial charge in [-0.05, 0) is 72.6 Å². The number of ether oxygens (including phenoxy) is 1. The van der Waals surface area contributed by atoms with Gasteiger partial charge in [-0.2, -0.15) is 5.26 Å². The first-order valence-electron chi connectivity index (χ1n) is 8.11. The van der Waals surface area contributed by atoms with Gasteiger partial charge in [-0.3, -0.25) is 0 Å². The van der Waals surface area contributed by atoms with Crippen LogP contribution in [0.4, 0.5) is 0 Å². The number of benzene rings is 2. The number of rotatable bonds is 4. The van der Waals surface area contributed by atoms with Crippen LogP contribution in [0.3, 0.4) is 0 Å². The smallest absolute Gasteiger partial charge is 0.149 e. The zero-order valence-corrected chi connectivity index (χ0v) is 17.8. The molecule has 0 saturated heterocycles. The van der Waals surface area contributed by atoms with Gasteiger partial charge in [0.2, 0.25) is 0 Å². The molecule has 0 aliphatic carbocycles. The molecular weight excluding hydrogens is 458 g/mol. The maximum atomic E-state index is 9.69. The average molecular weight is 475 g/mol. The fourth-order valence-electron chi connectivity index (χ4n) is 2.61. The number of H-pyrrole nitrogens is 1. The van der Waals surface area contributed by atoms with Gasteiger partial charge in [-0.15, -0.1) is 0 Å². The Morgan fingerprint density at radius 1 is 1.27 bits per heavy atom. The predicted octanol–water partition coefficient (Wildman–Crippen LogP) is 6.25. The number of nitriles is 1. The summed E-state index contributed by atoms with van der Waals surface area (Å²) < 4.78 is 7.65. The number of nitrogens with one attached hydrogen (secondary N) is 1. The summed E-state index contributed by atoms with van der Waals surface area (Å²) in [7, 11) is 0. The lowest BCUT2D eigenvalue weighted by Crippen LogP contribution is -2.07. The Morgan fingerprint density at radius 2 is 2.04 bits per heavy atom. The van der Waals surface area contributed by atoms with Crippen LogP contribution in [0.5, 0.6) is 5.75 Å². The van der Waals surface area contributed by atoms with Crippen molar-refractivity contribution >= 4 is 54.5 Å². The molecular formula is C20H17Br2N3O. The second-order valence-electron chi connectivity index (χ2n) is 6.25. The average Bonchev–Trinajstić information content (AvgIpc) is 2.98. The summed E-state index contributed by atoms with van der Waals surface area (Å²) in [5, 5.41) is 9.69. The predicted molar refractivity (Wildman–Crippen MR) is 112 cm³/mol.